The molecule has 4 heteroatoms. The highest BCUT2D eigenvalue weighted by molar-refractivity contribution is 5.91. The number of rotatable bonds is 5. The maximum absolute atomic E-state index is 11.8. The zero-order chi connectivity index (χ0) is 15.2. The molecule has 110 valence electrons. The second-order valence-corrected chi connectivity index (χ2v) is 4.95. The molecule has 1 atom stereocenters. The number of amides is 1. The van der Waals surface area contributed by atoms with Crippen LogP contribution in [0.25, 0.3) is 0 Å². The molecular formula is C17H19NO3. The second kappa shape index (κ2) is 6.90. The number of hydrogen-bond acceptors (Lipinski definition) is 3. The first kappa shape index (κ1) is 15.1. The summed E-state index contributed by atoms with van der Waals surface area (Å²) < 4.78 is 5.43. The summed E-state index contributed by atoms with van der Waals surface area (Å²) in [5.41, 5.74) is 2.64. The van der Waals surface area contributed by atoms with Crippen molar-refractivity contribution in [3.05, 3.63) is 59.7 Å². The van der Waals surface area contributed by atoms with Gasteiger partial charge in [0.25, 0.3) is 5.91 Å². The molecule has 0 spiro atoms. The summed E-state index contributed by atoms with van der Waals surface area (Å²) in [6.07, 6.45) is -0.560. The molecule has 0 radical (unpaired) electrons. The molecule has 4 nitrogen and oxygen atoms in total. The van der Waals surface area contributed by atoms with Crippen molar-refractivity contribution in [2.45, 2.75) is 20.0 Å². The predicted octanol–water partition coefficient (Wildman–Crippen LogP) is 3.07. The largest absolute Gasteiger partial charge is 0.484 e. The van der Waals surface area contributed by atoms with Crippen LogP contribution in [-0.4, -0.2) is 17.6 Å². The van der Waals surface area contributed by atoms with E-state index >= 15 is 0 Å². The molecule has 0 saturated carbocycles. The molecule has 1 amide bonds. The first-order chi connectivity index (χ1) is 10.0. The van der Waals surface area contributed by atoms with Gasteiger partial charge in [-0.05, 0) is 43.7 Å². The number of benzene rings is 2. The lowest BCUT2D eigenvalue weighted by molar-refractivity contribution is -0.118. The molecule has 2 aromatic rings. The summed E-state index contributed by atoms with van der Waals surface area (Å²) >= 11 is 0. The fourth-order valence-corrected chi connectivity index (χ4v) is 1.85. The van der Waals surface area contributed by atoms with Crippen molar-refractivity contribution in [1.29, 1.82) is 0 Å². The van der Waals surface area contributed by atoms with Gasteiger partial charge in [0.2, 0.25) is 0 Å². The van der Waals surface area contributed by atoms with E-state index in [1.807, 2.05) is 37.3 Å². The molecule has 0 saturated heterocycles. The predicted molar refractivity (Wildman–Crippen MR) is 82.4 cm³/mol. The van der Waals surface area contributed by atoms with Gasteiger partial charge < -0.3 is 15.2 Å². The third kappa shape index (κ3) is 4.61. The second-order valence-electron chi connectivity index (χ2n) is 4.95. The first-order valence-electron chi connectivity index (χ1n) is 6.82. The van der Waals surface area contributed by atoms with Crippen molar-refractivity contribution in [2.75, 3.05) is 11.9 Å². The maximum Gasteiger partial charge on any atom is 0.262 e. The summed E-state index contributed by atoms with van der Waals surface area (Å²) in [7, 11) is 0. The number of hydrogen-bond donors (Lipinski definition) is 2. The van der Waals surface area contributed by atoms with E-state index in [2.05, 4.69) is 5.32 Å². The van der Waals surface area contributed by atoms with E-state index in [0.29, 0.717) is 5.75 Å². The lowest BCUT2D eigenvalue weighted by atomic mass is 10.1. The van der Waals surface area contributed by atoms with Crippen LogP contribution in [0.15, 0.2) is 48.5 Å². The fourth-order valence-electron chi connectivity index (χ4n) is 1.85. The minimum absolute atomic E-state index is 0.0723. The third-order valence-corrected chi connectivity index (χ3v) is 3.05. The number of ether oxygens (including phenoxy) is 1. The highest BCUT2D eigenvalue weighted by Crippen LogP contribution is 2.18. The van der Waals surface area contributed by atoms with E-state index in [-0.39, 0.29) is 12.5 Å². The Balaban J connectivity index is 1.89. The summed E-state index contributed by atoms with van der Waals surface area (Å²) in [4.78, 5) is 11.8. The van der Waals surface area contributed by atoms with Crippen LogP contribution in [0.1, 0.15) is 24.2 Å². The molecule has 0 fully saturated rings. The number of aryl methyl sites for hydroxylation is 1. The van der Waals surface area contributed by atoms with Crippen LogP contribution in [0.4, 0.5) is 5.69 Å². The number of nitrogens with one attached hydrogen (secondary N) is 1. The normalized spacial score (nSPS) is 11.8. The van der Waals surface area contributed by atoms with Crippen molar-refractivity contribution in [2.24, 2.45) is 0 Å². The van der Waals surface area contributed by atoms with Gasteiger partial charge in [0, 0.05) is 5.69 Å². The van der Waals surface area contributed by atoms with Gasteiger partial charge in [-0.3, -0.25) is 4.79 Å². The summed E-state index contributed by atoms with van der Waals surface area (Å²) in [6, 6.07) is 14.6. The molecule has 2 rings (SSSR count). The van der Waals surface area contributed by atoms with Gasteiger partial charge in [-0.2, -0.15) is 0 Å². The van der Waals surface area contributed by atoms with E-state index in [0.717, 1.165) is 16.8 Å². The molecule has 0 bridgehead atoms. The van der Waals surface area contributed by atoms with Crippen LogP contribution >= 0.6 is 0 Å². The number of aliphatic hydroxyl groups excluding tert-OH is 1. The van der Waals surface area contributed by atoms with Crippen LogP contribution in [0, 0.1) is 6.92 Å². The molecular weight excluding hydrogens is 266 g/mol. The Labute approximate surface area is 124 Å². The van der Waals surface area contributed by atoms with Gasteiger partial charge in [0.1, 0.15) is 5.75 Å². The lowest BCUT2D eigenvalue weighted by Gasteiger charge is -2.10. The average Bonchev–Trinajstić information content (AvgIpc) is 2.48. The van der Waals surface area contributed by atoms with Crippen LogP contribution in [0.3, 0.4) is 0 Å². The summed E-state index contributed by atoms with van der Waals surface area (Å²) in [6.45, 7) is 3.60. The van der Waals surface area contributed by atoms with Gasteiger partial charge in [-0.1, -0.05) is 29.8 Å². The molecule has 0 aliphatic carbocycles. The molecule has 0 aliphatic rings. The smallest absolute Gasteiger partial charge is 0.262 e. The van der Waals surface area contributed by atoms with Gasteiger partial charge >= 0.3 is 0 Å². The van der Waals surface area contributed by atoms with Crippen LogP contribution in [0.5, 0.6) is 5.75 Å². The molecule has 1 unspecified atom stereocenters. The highest BCUT2D eigenvalue weighted by Gasteiger charge is 2.06. The monoisotopic (exact) mass is 285 g/mol. The number of anilines is 1. The van der Waals surface area contributed by atoms with Crippen LogP contribution in [0.2, 0.25) is 0 Å². The number of carbonyl (C=O) groups excluding carboxylic acids is 1. The fraction of sp³-hybridized carbons (Fsp3) is 0.235. The lowest BCUT2D eigenvalue weighted by Crippen LogP contribution is -2.20. The van der Waals surface area contributed by atoms with E-state index in [1.165, 1.54) is 0 Å². The van der Waals surface area contributed by atoms with Crippen molar-refractivity contribution < 1.29 is 14.6 Å². The molecule has 0 heterocycles. The average molecular weight is 285 g/mol. The van der Waals surface area contributed by atoms with E-state index in [4.69, 9.17) is 4.74 Å². The van der Waals surface area contributed by atoms with Gasteiger partial charge in [0.05, 0.1) is 6.10 Å². The van der Waals surface area contributed by atoms with E-state index in [9.17, 15) is 9.90 Å². The van der Waals surface area contributed by atoms with Crippen LogP contribution < -0.4 is 10.1 Å². The standard InChI is InChI=1S/C17H19NO3/c1-12-6-8-15(9-7-12)18-17(20)11-21-16-5-3-4-14(10-16)13(2)19/h3-10,13,19H,11H2,1-2H3,(H,18,20). The Hall–Kier alpha value is -2.33. The third-order valence-electron chi connectivity index (χ3n) is 3.05. The molecule has 0 aliphatic heterocycles. The first-order valence-corrected chi connectivity index (χ1v) is 6.82. The minimum Gasteiger partial charge on any atom is -0.484 e. The van der Waals surface area contributed by atoms with Gasteiger partial charge in [-0.15, -0.1) is 0 Å². The van der Waals surface area contributed by atoms with E-state index < -0.39 is 6.10 Å². The summed E-state index contributed by atoms with van der Waals surface area (Å²) in [5.74, 6) is 0.341. The SMILES string of the molecule is Cc1ccc(NC(=O)COc2cccc(C(C)O)c2)cc1. The highest BCUT2D eigenvalue weighted by atomic mass is 16.5. The molecule has 0 aromatic heterocycles. The Morgan fingerprint density at radius 1 is 1.24 bits per heavy atom. The Bertz CT molecular complexity index is 606. The van der Waals surface area contributed by atoms with Gasteiger partial charge in [0.15, 0.2) is 6.61 Å². The zero-order valence-electron chi connectivity index (χ0n) is 12.2. The summed E-state index contributed by atoms with van der Waals surface area (Å²) in [5, 5.41) is 12.3. The Kier molecular flexibility index (Phi) is 4.95. The van der Waals surface area contributed by atoms with Crippen molar-refractivity contribution in [3.63, 3.8) is 0 Å². The van der Waals surface area contributed by atoms with Crippen molar-refractivity contribution in [1.82, 2.24) is 0 Å². The minimum atomic E-state index is -0.560. The zero-order valence-corrected chi connectivity index (χ0v) is 12.2. The quantitative estimate of drug-likeness (QED) is 0.887. The maximum atomic E-state index is 11.8. The van der Waals surface area contributed by atoms with Crippen molar-refractivity contribution >= 4 is 11.6 Å². The topological polar surface area (TPSA) is 58.6 Å². The Morgan fingerprint density at radius 3 is 2.62 bits per heavy atom. The van der Waals surface area contributed by atoms with E-state index in [1.54, 1.807) is 25.1 Å². The molecule has 2 aromatic carbocycles. The van der Waals surface area contributed by atoms with Crippen molar-refractivity contribution in [3.8, 4) is 5.75 Å². The number of aliphatic hydroxyl groups is 1. The molecule has 2 N–H and O–H groups in total. The number of carbonyl (C=O) groups is 1. The van der Waals surface area contributed by atoms with Crippen LogP contribution in [-0.2, 0) is 4.79 Å². The van der Waals surface area contributed by atoms with Gasteiger partial charge in [-0.25, -0.2) is 0 Å². The Morgan fingerprint density at radius 2 is 1.95 bits per heavy atom. The molecule has 21 heavy (non-hydrogen) atoms.